The second kappa shape index (κ2) is 7.48. The number of aliphatic hydroxyl groups is 1. The number of β-amino-alcohol motifs (C(OH)–C–C–N with tert-alkyl or cyclic N) is 1. The van der Waals surface area contributed by atoms with E-state index in [-0.39, 0.29) is 12.4 Å². The molecule has 1 aromatic heterocycles. The van der Waals surface area contributed by atoms with Crippen molar-refractivity contribution in [2.45, 2.75) is 0 Å². The van der Waals surface area contributed by atoms with Crippen molar-refractivity contribution in [2.24, 2.45) is 0 Å². The lowest BCUT2D eigenvalue weighted by molar-refractivity contribution is 0.188. The second-order valence-electron chi connectivity index (χ2n) is 5.50. The number of hydrogen-bond donors (Lipinski definition) is 2. The molecule has 0 amide bonds. The Labute approximate surface area is 150 Å². The van der Waals surface area contributed by atoms with E-state index in [9.17, 15) is 0 Å². The lowest BCUT2D eigenvalue weighted by Crippen LogP contribution is -2.47. The number of hydrogen-bond acceptors (Lipinski definition) is 7. The molecule has 2 heterocycles. The largest absolute Gasteiger partial charge is 0.395 e. The van der Waals surface area contributed by atoms with Crippen molar-refractivity contribution in [2.75, 3.05) is 50.0 Å². The van der Waals surface area contributed by atoms with Gasteiger partial charge in [0.2, 0.25) is 5.95 Å². The van der Waals surface area contributed by atoms with Crippen LogP contribution in [-0.2, 0) is 0 Å². The van der Waals surface area contributed by atoms with Crippen LogP contribution in [0.3, 0.4) is 0 Å². The summed E-state index contributed by atoms with van der Waals surface area (Å²) in [5.74, 6) is 0.764. The van der Waals surface area contributed by atoms with E-state index in [1.165, 1.54) is 0 Å². The van der Waals surface area contributed by atoms with Crippen LogP contribution in [0, 0.1) is 0 Å². The van der Waals surface area contributed by atoms with Gasteiger partial charge >= 0.3 is 0 Å². The molecule has 1 aliphatic heterocycles. The fraction of sp³-hybridized carbons (Fsp3) is 0.400. The van der Waals surface area contributed by atoms with Gasteiger partial charge in [-0.05, 0) is 6.07 Å². The topological polar surface area (TPSA) is 91.4 Å². The molecule has 128 valence electrons. The Morgan fingerprint density at radius 1 is 1.12 bits per heavy atom. The van der Waals surface area contributed by atoms with Crippen molar-refractivity contribution in [1.29, 1.82) is 0 Å². The highest BCUT2D eigenvalue weighted by molar-refractivity contribution is 6.43. The Morgan fingerprint density at radius 2 is 1.88 bits per heavy atom. The van der Waals surface area contributed by atoms with Crippen molar-refractivity contribution >= 4 is 35.0 Å². The number of nitrogens with two attached hydrogens (primary N) is 1. The monoisotopic (exact) mass is 368 g/mol. The van der Waals surface area contributed by atoms with E-state index in [2.05, 4.69) is 20.1 Å². The van der Waals surface area contributed by atoms with Crippen LogP contribution >= 0.6 is 23.2 Å². The van der Waals surface area contributed by atoms with E-state index in [1.54, 1.807) is 18.2 Å². The van der Waals surface area contributed by atoms with Gasteiger partial charge in [0.1, 0.15) is 5.69 Å². The van der Waals surface area contributed by atoms with Gasteiger partial charge < -0.3 is 15.7 Å². The number of nitrogens with zero attached hydrogens (tertiary/aromatic N) is 5. The molecule has 9 heteroatoms. The summed E-state index contributed by atoms with van der Waals surface area (Å²) in [6.45, 7) is 4.05. The minimum atomic E-state index is 0.167. The van der Waals surface area contributed by atoms with E-state index < -0.39 is 0 Å². The minimum Gasteiger partial charge on any atom is -0.395 e. The molecule has 3 rings (SSSR count). The minimum absolute atomic E-state index is 0.167. The summed E-state index contributed by atoms with van der Waals surface area (Å²) in [6, 6.07) is 5.26. The highest BCUT2D eigenvalue weighted by Gasteiger charge is 2.21. The SMILES string of the molecule is Nc1nc(N2CCN(CCO)CC2)nnc1-c1cccc(Cl)c1Cl. The Kier molecular flexibility index (Phi) is 5.35. The van der Waals surface area contributed by atoms with Gasteiger partial charge in [0.15, 0.2) is 5.82 Å². The molecule has 0 saturated carbocycles. The zero-order valence-corrected chi connectivity index (χ0v) is 14.5. The quantitative estimate of drug-likeness (QED) is 0.845. The Balaban J connectivity index is 1.80. The summed E-state index contributed by atoms with van der Waals surface area (Å²) in [5.41, 5.74) is 7.10. The average molecular weight is 369 g/mol. The van der Waals surface area contributed by atoms with Crippen LogP contribution in [0.2, 0.25) is 10.0 Å². The molecule has 0 bridgehead atoms. The molecule has 7 nitrogen and oxygen atoms in total. The highest BCUT2D eigenvalue weighted by Crippen LogP contribution is 2.34. The molecular weight excluding hydrogens is 351 g/mol. The van der Waals surface area contributed by atoms with E-state index in [1.807, 2.05) is 4.90 Å². The maximum Gasteiger partial charge on any atom is 0.247 e. The van der Waals surface area contributed by atoms with Crippen molar-refractivity contribution < 1.29 is 5.11 Å². The third kappa shape index (κ3) is 3.54. The molecule has 24 heavy (non-hydrogen) atoms. The molecule has 1 fully saturated rings. The van der Waals surface area contributed by atoms with Crippen molar-refractivity contribution in [3.63, 3.8) is 0 Å². The molecule has 2 aromatic rings. The lowest BCUT2D eigenvalue weighted by Gasteiger charge is -2.34. The fourth-order valence-electron chi connectivity index (χ4n) is 2.65. The van der Waals surface area contributed by atoms with Crippen LogP contribution < -0.4 is 10.6 Å². The predicted molar refractivity (Wildman–Crippen MR) is 95.4 cm³/mol. The lowest BCUT2D eigenvalue weighted by atomic mass is 10.1. The van der Waals surface area contributed by atoms with Gasteiger partial charge in [-0.25, -0.2) is 0 Å². The maximum absolute atomic E-state index is 8.99. The van der Waals surface area contributed by atoms with Crippen molar-refractivity contribution in [3.05, 3.63) is 28.2 Å². The standard InChI is InChI=1S/C15H18Cl2N6O/c16-11-3-1-2-10(12(11)17)13-14(18)19-15(21-20-13)23-6-4-22(5-7-23)8-9-24/h1-3,24H,4-9H2,(H2,18,19,21). The normalized spacial score (nSPS) is 15.7. The Bertz CT molecular complexity index is 721. The van der Waals surface area contributed by atoms with Crippen LogP contribution in [0.4, 0.5) is 11.8 Å². The molecule has 0 aliphatic carbocycles. The smallest absolute Gasteiger partial charge is 0.247 e. The second-order valence-corrected chi connectivity index (χ2v) is 6.28. The van der Waals surface area contributed by atoms with E-state index in [4.69, 9.17) is 34.0 Å². The molecule has 0 atom stereocenters. The van der Waals surface area contributed by atoms with Crippen molar-refractivity contribution in [1.82, 2.24) is 20.1 Å². The van der Waals surface area contributed by atoms with Crippen LogP contribution in [0.1, 0.15) is 0 Å². The van der Waals surface area contributed by atoms with E-state index in [0.717, 1.165) is 26.2 Å². The summed E-state index contributed by atoms with van der Waals surface area (Å²) in [7, 11) is 0. The van der Waals surface area contributed by atoms with Gasteiger partial charge in [-0.15, -0.1) is 10.2 Å². The number of piperazine rings is 1. The van der Waals surface area contributed by atoms with Gasteiger partial charge in [-0.1, -0.05) is 35.3 Å². The first-order valence-electron chi connectivity index (χ1n) is 7.63. The van der Waals surface area contributed by atoms with Gasteiger partial charge in [-0.3, -0.25) is 4.90 Å². The van der Waals surface area contributed by atoms with Gasteiger partial charge in [0.25, 0.3) is 0 Å². The average Bonchev–Trinajstić information content (AvgIpc) is 2.59. The third-order valence-corrected chi connectivity index (χ3v) is 4.80. The van der Waals surface area contributed by atoms with Crippen LogP contribution in [-0.4, -0.2) is 64.5 Å². The molecular formula is C15H18Cl2N6O. The molecule has 3 N–H and O–H groups in total. The van der Waals surface area contributed by atoms with Gasteiger partial charge in [0, 0.05) is 38.3 Å². The summed E-state index contributed by atoms with van der Waals surface area (Å²) >= 11 is 12.3. The Morgan fingerprint density at radius 3 is 2.54 bits per heavy atom. The summed E-state index contributed by atoms with van der Waals surface area (Å²) in [4.78, 5) is 8.59. The first kappa shape index (κ1) is 17.2. The number of aromatic nitrogens is 3. The number of halogens is 2. The summed E-state index contributed by atoms with van der Waals surface area (Å²) < 4.78 is 0. The van der Waals surface area contributed by atoms with Crippen LogP contribution in [0.15, 0.2) is 18.2 Å². The van der Waals surface area contributed by atoms with Gasteiger partial charge in [-0.2, -0.15) is 4.98 Å². The first-order valence-corrected chi connectivity index (χ1v) is 8.38. The molecule has 1 aliphatic rings. The molecule has 0 spiro atoms. The number of rotatable bonds is 4. The molecule has 1 aromatic carbocycles. The summed E-state index contributed by atoms with van der Waals surface area (Å²) in [5, 5.41) is 18.2. The first-order chi connectivity index (χ1) is 11.6. The molecule has 0 unspecified atom stereocenters. The number of nitrogen functional groups attached to an aromatic ring is 1. The zero-order chi connectivity index (χ0) is 17.1. The Hall–Kier alpha value is -1.67. The highest BCUT2D eigenvalue weighted by atomic mass is 35.5. The third-order valence-electron chi connectivity index (χ3n) is 3.98. The maximum atomic E-state index is 8.99. The summed E-state index contributed by atoms with van der Waals surface area (Å²) in [6.07, 6.45) is 0. The van der Waals surface area contributed by atoms with E-state index in [0.29, 0.717) is 33.8 Å². The van der Waals surface area contributed by atoms with Crippen LogP contribution in [0.5, 0.6) is 0 Å². The van der Waals surface area contributed by atoms with E-state index >= 15 is 0 Å². The van der Waals surface area contributed by atoms with Crippen molar-refractivity contribution in [3.8, 4) is 11.3 Å². The van der Waals surface area contributed by atoms with Gasteiger partial charge in [0.05, 0.1) is 16.7 Å². The number of anilines is 2. The fourth-order valence-corrected chi connectivity index (χ4v) is 3.04. The number of benzene rings is 1. The molecule has 0 radical (unpaired) electrons. The predicted octanol–water partition coefficient (Wildman–Crippen LogP) is 1.54. The number of aliphatic hydroxyl groups excluding tert-OH is 1. The zero-order valence-electron chi connectivity index (χ0n) is 13.0. The molecule has 1 saturated heterocycles. The van der Waals surface area contributed by atoms with Crippen LogP contribution in [0.25, 0.3) is 11.3 Å².